The average molecular weight is 345 g/mol. The van der Waals surface area contributed by atoms with Gasteiger partial charge in [-0.05, 0) is 24.6 Å². The van der Waals surface area contributed by atoms with E-state index in [0.29, 0.717) is 29.6 Å². The predicted octanol–water partition coefficient (Wildman–Crippen LogP) is 3.24. The van der Waals surface area contributed by atoms with E-state index in [0.717, 1.165) is 16.8 Å². The van der Waals surface area contributed by atoms with Crippen LogP contribution in [0, 0.1) is 24.1 Å². The van der Waals surface area contributed by atoms with E-state index in [-0.39, 0.29) is 5.82 Å². The average Bonchev–Trinajstić information content (AvgIpc) is 3.13. The van der Waals surface area contributed by atoms with Crippen LogP contribution in [0.15, 0.2) is 30.5 Å². The van der Waals surface area contributed by atoms with Gasteiger partial charge in [0.05, 0.1) is 18.4 Å². The summed E-state index contributed by atoms with van der Waals surface area (Å²) in [6.07, 6.45) is 1.45. The molecule has 0 unspecified atom stereocenters. The van der Waals surface area contributed by atoms with Crippen molar-refractivity contribution in [2.75, 3.05) is 5.32 Å². The smallest absolute Gasteiger partial charge is 0.139 e. The quantitative estimate of drug-likeness (QED) is 0.744. The van der Waals surface area contributed by atoms with Gasteiger partial charge in [0.1, 0.15) is 28.4 Å². The van der Waals surface area contributed by atoms with Crippen molar-refractivity contribution in [2.45, 2.75) is 20.0 Å². The van der Waals surface area contributed by atoms with Crippen molar-refractivity contribution in [3.05, 3.63) is 63.8 Å². The first-order chi connectivity index (χ1) is 11.6. The first kappa shape index (κ1) is 16.0. The number of aromatic amines is 1. The van der Waals surface area contributed by atoms with E-state index in [1.165, 1.54) is 18.3 Å². The first-order valence-corrected chi connectivity index (χ1v) is 7.60. The number of anilines is 1. The number of hydrogen-bond donors (Lipinski definition) is 2. The van der Waals surface area contributed by atoms with Crippen molar-refractivity contribution in [1.29, 1.82) is 5.26 Å². The van der Waals surface area contributed by atoms with E-state index in [2.05, 4.69) is 20.6 Å². The maximum absolute atomic E-state index is 13.0. The topological polar surface area (TPSA) is 82.3 Å². The second-order valence-electron chi connectivity index (χ2n) is 5.26. The lowest BCUT2D eigenvalue weighted by atomic mass is 10.2. The molecule has 1 aromatic carbocycles. The number of aryl methyl sites for hydroxylation is 1. The molecule has 0 amide bonds. The number of hydrogen-bond acceptors (Lipinski definition) is 4. The van der Waals surface area contributed by atoms with Crippen molar-refractivity contribution in [2.24, 2.45) is 0 Å². The Morgan fingerprint density at radius 1 is 1.38 bits per heavy atom. The molecule has 0 radical (unpaired) electrons. The molecule has 0 aliphatic rings. The highest BCUT2D eigenvalue weighted by Crippen LogP contribution is 2.22. The number of nitrogens with one attached hydrogen (secondary N) is 2. The van der Waals surface area contributed by atoms with Gasteiger partial charge in [-0.1, -0.05) is 23.7 Å². The first-order valence-electron chi connectivity index (χ1n) is 7.22. The number of nitrogens with zero attached hydrogens (tertiary/aromatic N) is 4. The van der Waals surface area contributed by atoms with Crippen molar-refractivity contribution in [3.8, 4) is 6.07 Å². The van der Waals surface area contributed by atoms with Crippen LogP contribution in [0.3, 0.4) is 0 Å². The van der Waals surface area contributed by atoms with Gasteiger partial charge < -0.3 is 5.32 Å². The summed E-state index contributed by atoms with van der Waals surface area (Å²) in [5.41, 5.74) is 2.95. The maximum Gasteiger partial charge on any atom is 0.139 e. The van der Waals surface area contributed by atoms with Crippen LogP contribution in [-0.4, -0.2) is 20.0 Å². The van der Waals surface area contributed by atoms with Crippen LogP contribution in [0.1, 0.15) is 22.4 Å². The molecule has 3 rings (SSSR count). The number of nitriles is 1. The van der Waals surface area contributed by atoms with Crippen molar-refractivity contribution in [3.63, 3.8) is 0 Å². The Morgan fingerprint density at radius 2 is 2.12 bits per heavy atom. The molecular formula is C16H14ClFN6. The normalized spacial score (nSPS) is 10.6. The van der Waals surface area contributed by atoms with Gasteiger partial charge >= 0.3 is 0 Å². The molecular weight excluding hydrogens is 331 g/mol. The molecule has 0 bridgehead atoms. The van der Waals surface area contributed by atoms with Crippen LogP contribution in [-0.2, 0) is 13.1 Å². The molecule has 0 fully saturated rings. The summed E-state index contributed by atoms with van der Waals surface area (Å²) in [7, 11) is 0. The molecule has 0 atom stereocenters. The fraction of sp³-hybridized carbons (Fsp3) is 0.188. The second kappa shape index (κ2) is 6.72. The zero-order valence-electron chi connectivity index (χ0n) is 12.8. The van der Waals surface area contributed by atoms with Gasteiger partial charge in [0.15, 0.2) is 0 Å². The highest BCUT2D eigenvalue weighted by atomic mass is 35.5. The number of aromatic nitrogens is 4. The summed E-state index contributed by atoms with van der Waals surface area (Å²) in [6.45, 7) is 2.72. The van der Waals surface area contributed by atoms with Gasteiger partial charge in [-0.15, -0.1) is 0 Å². The summed E-state index contributed by atoms with van der Waals surface area (Å²) in [5.74, 6) is 0.262. The largest absolute Gasteiger partial charge is 0.365 e. The second-order valence-corrected chi connectivity index (χ2v) is 5.62. The van der Waals surface area contributed by atoms with E-state index >= 15 is 0 Å². The van der Waals surface area contributed by atoms with Gasteiger partial charge in [0, 0.05) is 12.1 Å². The zero-order chi connectivity index (χ0) is 17.1. The molecule has 122 valence electrons. The standard InChI is InChI=1S/C16H14ClFN6/c1-10-14(8-20-16-12(6-19)7-21-22-16)15(17)24(23-10)9-11-2-4-13(18)5-3-11/h2-5,7H,8-9H2,1H3,(H2,20,21,22). The number of benzene rings is 1. The Hall–Kier alpha value is -2.85. The summed E-state index contributed by atoms with van der Waals surface area (Å²) < 4.78 is 14.6. The van der Waals surface area contributed by atoms with E-state index in [9.17, 15) is 4.39 Å². The van der Waals surface area contributed by atoms with Gasteiger partial charge in [-0.25, -0.2) is 9.07 Å². The molecule has 8 heteroatoms. The molecule has 2 aromatic heterocycles. The maximum atomic E-state index is 13.0. The zero-order valence-corrected chi connectivity index (χ0v) is 13.6. The fourth-order valence-electron chi connectivity index (χ4n) is 2.34. The molecule has 0 aliphatic heterocycles. The SMILES string of the molecule is Cc1nn(Cc2ccc(F)cc2)c(Cl)c1CNc1[nH]ncc1C#N. The lowest BCUT2D eigenvalue weighted by Crippen LogP contribution is -2.04. The molecule has 0 saturated carbocycles. The van der Waals surface area contributed by atoms with Crippen LogP contribution in [0.2, 0.25) is 5.15 Å². The van der Waals surface area contributed by atoms with Crippen molar-refractivity contribution >= 4 is 17.4 Å². The van der Waals surface area contributed by atoms with Gasteiger partial charge in [0.25, 0.3) is 0 Å². The molecule has 6 nitrogen and oxygen atoms in total. The van der Waals surface area contributed by atoms with Crippen molar-refractivity contribution < 1.29 is 4.39 Å². The minimum atomic E-state index is -0.278. The lowest BCUT2D eigenvalue weighted by molar-refractivity contribution is 0.624. The minimum absolute atomic E-state index is 0.278. The highest BCUT2D eigenvalue weighted by molar-refractivity contribution is 6.30. The van der Waals surface area contributed by atoms with Crippen LogP contribution >= 0.6 is 11.6 Å². The summed E-state index contributed by atoms with van der Waals surface area (Å²) in [6, 6.07) is 8.25. The third-order valence-electron chi connectivity index (χ3n) is 3.63. The lowest BCUT2D eigenvalue weighted by Gasteiger charge is -2.06. The third kappa shape index (κ3) is 3.24. The van der Waals surface area contributed by atoms with Crippen LogP contribution in [0.25, 0.3) is 0 Å². The van der Waals surface area contributed by atoms with Crippen LogP contribution in [0.4, 0.5) is 10.2 Å². The summed E-state index contributed by atoms with van der Waals surface area (Å²) in [4.78, 5) is 0. The van der Waals surface area contributed by atoms with Gasteiger partial charge in [0.2, 0.25) is 0 Å². The molecule has 24 heavy (non-hydrogen) atoms. The number of rotatable bonds is 5. The van der Waals surface area contributed by atoms with E-state index in [1.807, 2.05) is 13.0 Å². The number of halogens is 2. The Labute approximate surface area is 142 Å². The molecule has 0 aliphatic carbocycles. The highest BCUT2D eigenvalue weighted by Gasteiger charge is 2.14. The van der Waals surface area contributed by atoms with E-state index in [4.69, 9.17) is 16.9 Å². The Bertz CT molecular complexity index is 890. The molecule has 3 aromatic rings. The predicted molar refractivity (Wildman–Crippen MR) is 88.1 cm³/mol. The molecule has 2 N–H and O–H groups in total. The third-order valence-corrected chi connectivity index (χ3v) is 4.05. The molecule has 2 heterocycles. The van der Waals surface area contributed by atoms with Gasteiger partial charge in [-0.2, -0.15) is 15.5 Å². The van der Waals surface area contributed by atoms with Crippen molar-refractivity contribution in [1.82, 2.24) is 20.0 Å². The summed E-state index contributed by atoms with van der Waals surface area (Å²) in [5, 5.41) is 23.6. The monoisotopic (exact) mass is 344 g/mol. The van der Waals surface area contributed by atoms with Crippen LogP contribution in [0.5, 0.6) is 0 Å². The van der Waals surface area contributed by atoms with Crippen LogP contribution < -0.4 is 5.32 Å². The minimum Gasteiger partial charge on any atom is -0.365 e. The molecule has 0 spiro atoms. The summed E-state index contributed by atoms with van der Waals surface area (Å²) >= 11 is 6.42. The van der Waals surface area contributed by atoms with Gasteiger partial charge in [-0.3, -0.25) is 5.10 Å². The van der Waals surface area contributed by atoms with E-state index in [1.54, 1.807) is 16.8 Å². The Morgan fingerprint density at radius 3 is 2.83 bits per heavy atom. The molecule has 0 saturated heterocycles. The number of H-pyrrole nitrogens is 1. The fourth-order valence-corrected chi connectivity index (χ4v) is 2.64. The Kier molecular flexibility index (Phi) is 4.49. The Balaban J connectivity index is 1.76. The van der Waals surface area contributed by atoms with E-state index < -0.39 is 0 Å².